The third-order valence-electron chi connectivity index (χ3n) is 6.29. The molecule has 0 aliphatic carbocycles. The number of rotatable bonds is 5. The van der Waals surface area contributed by atoms with E-state index in [1.165, 1.54) is 18.2 Å². The lowest BCUT2D eigenvalue weighted by Gasteiger charge is -2.36. The van der Waals surface area contributed by atoms with E-state index in [2.05, 4.69) is 14.9 Å². The van der Waals surface area contributed by atoms with Gasteiger partial charge in [0.25, 0.3) is 17.5 Å². The highest BCUT2D eigenvalue weighted by atomic mass is 35.5. The summed E-state index contributed by atoms with van der Waals surface area (Å²) in [4.78, 5) is 60.7. The first-order valence-electron chi connectivity index (χ1n) is 11.7. The number of nitro benzene ring substituents is 1. The smallest absolute Gasteiger partial charge is 0.296 e. The minimum absolute atomic E-state index is 0.0290. The van der Waals surface area contributed by atoms with Crippen LogP contribution in [0.15, 0.2) is 88.5 Å². The molecule has 190 valence electrons. The number of hydrogen-bond acceptors (Lipinski definition) is 7. The number of nitro groups is 1. The topological polar surface area (TPSA) is 126 Å². The van der Waals surface area contributed by atoms with Crippen LogP contribution in [0.4, 0.5) is 11.4 Å². The standard InChI is InChI=1S/C27H20ClN5O5/c28-19-4-1-17(2-5-19)25(34)16-24-26(35)30-23-15-18(3-10-22(23)29-24)27(36)32-13-11-31(12-14-32)20-6-8-21(9-7-20)33(37)38/h1-10,15-16H,11-14H2/b24-16-. The molecule has 1 saturated heterocycles. The van der Waals surface area contributed by atoms with Crippen LogP contribution in [-0.4, -0.2) is 53.6 Å². The molecule has 2 aliphatic heterocycles. The Hall–Kier alpha value is -4.70. The molecule has 10 nitrogen and oxygen atoms in total. The number of piperazine rings is 1. The summed E-state index contributed by atoms with van der Waals surface area (Å²) >= 11 is 5.86. The average Bonchev–Trinajstić information content (AvgIpc) is 2.93. The first-order valence-corrected chi connectivity index (χ1v) is 12.1. The normalized spacial score (nSPS) is 15.9. The molecule has 2 heterocycles. The SMILES string of the molecule is O=C1N=c2cc(C(=O)N3CCN(c4ccc([N+](=O)[O-])cc4)CC3)ccc2=N/C1=C\C(=O)c1ccc(Cl)cc1. The van der Waals surface area contributed by atoms with Crippen molar-refractivity contribution in [2.24, 2.45) is 9.98 Å². The Morgan fingerprint density at radius 1 is 0.868 bits per heavy atom. The number of nitrogens with zero attached hydrogens (tertiary/aromatic N) is 5. The van der Waals surface area contributed by atoms with E-state index >= 15 is 0 Å². The molecule has 38 heavy (non-hydrogen) atoms. The van der Waals surface area contributed by atoms with E-state index in [0.29, 0.717) is 47.7 Å². The number of carbonyl (C=O) groups excluding carboxylic acids is 3. The molecule has 0 aromatic heterocycles. The fourth-order valence-corrected chi connectivity index (χ4v) is 4.36. The molecule has 0 saturated carbocycles. The van der Waals surface area contributed by atoms with Gasteiger partial charge in [-0.25, -0.2) is 9.98 Å². The minimum Gasteiger partial charge on any atom is -0.368 e. The molecule has 0 atom stereocenters. The highest BCUT2D eigenvalue weighted by Gasteiger charge is 2.23. The molecule has 3 aromatic carbocycles. The maximum Gasteiger partial charge on any atom is 0.296 e. The Morgan fingerprint density at radius 2 is 1.53 bits per heavy atom. The maximum atomic E-state index is 13.1. The monoisotopic (exact) mass is 529 g/mol. The minimum atomic E-state index is -0.666. The van der Waals surface area contributed by atoms with Crippen LogP contribution in [0.2, 0.25) is 5.02 Å². The average molecular weight is 530 g/mol. The third kappa shape index (κ3) is 5.21. The lowest BCUT2D eigenvalue weighted by atomic mass is 10.1. The summed E-state index contributed by atoms with van der Waals surface area (Å²) in [7, 11) is 0. The third-order valence-corrected chi connectivity index (χ3v) is 6.55. The highest BCUT2D eigenvalue weighted by Crippen LogP contribution is 2.21. The second-order valence-electron chi connectivity index (χ2n) is 8.69. The van der Waals surface area contributed by atoms with Crippen molar-refractivity contribution >= 4 is 40.6 Å². The second kappa shape index (κ2) is 10.3. The Morgan fingerprint density at radius 3 is 2.18 bits per heavy atom. The van der Waals surface area contributed by atoms with Gasteiger partial charge in [0, 0.05) is 66.2 Å². The van der Waals surface area contributed by atoms with Gasteiger partial charge in [0.2, 0.25) is 0 Å². The zero-order valence-electron chi connectivity index (χ0n) is 19.9. The fourth-order valence-electron chi connectivity index (χ4n) is 4.24. The first-order chi connectivity index (χ1) is 18.3. The Balaban J connectivity index is 1.28. The highest BCUT2D eigenvalue weighted by molar-refractivity contribution is 6.30. The van der Waals surface area contributed by atoms with Crippen molar-refractivity contribution < 1.29 is 19.3 Å². The van der Waals surface area contributed by atoms with Crippen molar-refractivity contribution in [1.29, 1.82) is 0 Å². The number of fused-ring (bicyclic) bond motifs is 1. The summed E-state index contributed by atoms with van der Waals surface area (Å²) in [5, 5.41) is 12.0. The molecule has 0 bridgehead atoms. The van der Waals surface area contributed by atoms with Crippen molar-refractivity contribution in [3.8, 4) is 0 Å². The van der Waals surface area contributed by atoms with Gasteiger partial charge >= 0.3 is 0 Å². The lowest BCUT2D eigenvalue weighted by Crippen LogP contribution is -2.49. The Labute approximate surface area is 221 Å². The van der Waals surface area contributed by atoms with Crippen LogP contribution in [0.1, 0.15) is 20.7 Å². The summed E-state index contributed by atoms with van der Waals surface area (Å²) < 4.78 is 0. The van der Waals surface area contributed by atoms with Gasteiger partial charge < -0.3 is 9.80 Å². The van der Waals surface area contributed by atoms with Crippen LogP contribution < -0.4 is 15.6 Å². The zero-order chi connectivity index (χ0) is 26.8. The Bertz CT molecular complexity index is 1610. The van der Waals surface area contributed by atoms with Crippen molar-refractivity contribution in [2.45, 2.75) is 0 Å². The number of allylic oxidation sites excluding steroid dienone is 1. The van der Waals surface area contributed by atoms with Gasteiger partial charge in [0.15, 0.2) is 5.78 Å². The molecule has 3 aromatic rings. The number of carbonyl (C=O) groups is 3. The molecule has 0 spiro atoms. The molecular weight excluding hydrogens is 510 g/mol. The van der Waals surface area contributed by atoms with Crippen LogP contribution in [0.25, 0.3) is 0 Å². The predicted molar refractivity (Wildman–Crippen MR) is 139 cm³/mol. The molecule has 2 aliphatic rings. The van der Waals surface area contributed by atoms with Gasteiger partial charge in [-0.05, 0) is 54.6 Å². The van der Waals surface area contributed by atoms with Gasteiger partial charge in [-0.3, -0.25) is 24.5 Å². The lowest BCUT2D eigenvalue weighted by molar-refractivity contribution is -0.384. The second-order valence-corrected chi connectivity index (χ2v) is 9.12. The fraction of sp³-hybridized carbons (Fsp3) is 0.148. The van der Waals surface area contributed by atoms with Crippen molar-refractivity contribution in [3.63, 3.8) is 0 Å². The van der Waals surface area contributed by atoms with E-state index in [0.717, 1.165) is 11.8 Å². The van der Waals surface area contributed by atoms with Gasteiger partial charge in [-0.1, -0.05) is 11.6 Å². The van der Waals surface area contributed by atoms with E-state index in [1.807, 2.05) is 0 Å². The van der Waals surface area contributed by atoms with Crippen LogP contribution in [0, 0.1) is 10.1 Å². The van der Waals surface area contributed by atoms with E-state index in [9.17, 15) is 24.5 Å². The van der Waals surface area contributed by atoms with Crippen LogP contribution >= 0.6 is 11.6 Å². The van der Waals surface area contributed by atoms with Crippen molar-refractivity contribution in [3.05, 3.63) is 115 Å². The largest absolute Gasteiger partial charge is 0.368 e. The molecular formula is C27H20ClN5O5. The summed E-state index contributed by atoms with van der Waals surface area (Å²) in [6.07, 6.45) is 1.14. The maximum absolute atomic E-state index is 13.1. The number of benzene rings is 3. The van der Waals surface area contributed by atoms with E-state index in [-0.39, 0.29) is 22.6 Å². The number of anilines is 1. The van der Waals surface area contributed by atoms with Crippen LogP contribution in [0.5, 0.6) is 0 Å². The number of amides is 2. The zero-order valence-corrected chi connectivity index (χ0v) is 20.7. The van der Waals surface area contributed by atoms with E-state index in [4.69, 9.17) is 11.6 Å². The number of halogens is 1. The van der Waals surface area contributed by atoms with Gasteiger partial charge in [0.1, 0.15) is 5.70 Å². The molecule has 0 N–H and O–H groups in total. The Kier molecular flexibility index (Phi) is 6.80. The summed E-state index contributed by atoms with van der Waals surface area (Å²) in [5.41, 5.74) is 1.54. The number of non-ortho nitro benzene ring substituents is 1. The van der Waals surface area contributed by atoms with Crippen LogP contribution in [0.3, 0.4) is 0 Å². The predicted octanol–water partition coefficient (Wildman–Crippen LogP) is 2.76. The summed E-state index contributed by atoms with van der Waals surface area (Å²) in [6.45, 7) is 2.07. The molecule has 11 heteroatoms. The number of hydrogen-bond donors (Lipinski definition) is 0. The van der Waals surface area contributed by atoms with Gasteiger partial charge in [0.05, 0.1) is 15.6 Å². The molecule has 5 rings (SSSR count). The molecule has 0 unspecified atom stereocenters. The van der Waals surface area contributed by atoms with Gasteiger partial charge in [-0.15, -0.1) is 0 Å². The van der Waals surface area contributed by atoms with Crippen LogP contribution in [-0.2, 0) is 4.79 Å². The number of ketones is 1. The molecule has 0 radical (unpaired) electrons. The summed E-state index contributed by atoms with van der Waals surface area (Å²) in [5.74, 6) is -1.26. The summed E-state index contributed by atoms with van der Waals surface area (Å²) in [6, 6.07) is 17.4. The quantitative estimate of drug-likeness (QED) is 0.216. The van der Waals surface area contributed by atoms with Crippen molar-refractivity contribution in [2.75, 3.05) is 31.1 Å². The van der Waals surface area contributed by atoms with Crippen molar-refractivity contribution in [1.82, 2.24) is 4.90 Å². The molecule has 1 fully saturated rings. The van der Waals surface area contributed by atoms with E-state index < -0.39 is 16.6 Å². The first kappa shape index (κ1) is 25.0. The van der Waals surface area contributed by atoms with E-state index in [1.54, 1.807) is 53.4 Å². The van der Waals surface area contributed by atoms with Gasteiger partial charge in [-0.2, -0.15) is 0 Å². The molecule has 2 amide bonds.